The van der Waals surface area contributed by atoms with Gasteiger partial charge in [-0.2, -0.15) is 0 Å². The molecule has 20 heavy (non-hydrogen) atoms. The van der Waals surface area contributed by atoms with E-state index in [1.165, 1.54) is 5.56 Å². The van der Waals surface area contributed by atoms with Crippen molar-refractivity contribution in [3.05, 3.63) is 35.9 Å². The van der Waals surface area contributed by atoms with Gasteiger partial charge in [0.25, 0.3) is 0 Å². The maximum atomic E-state index is 9.58. The second kappa shape index (κ2) is 4.57. The minimum absolute atomic E-state index is 0.00771. The van der Waals surface area contributed by atoms with E-state index in [1.807, 2.05) is 0 Å². The molecule has 2 atom stereocenters. The number of piperidine rings is 2. The van der Waals surface area contributed by atoms with Crippen LogP contribution in [0, 0.1) is 11.3 Å². The predicted octanol–water partition coefficient (Wildman–Crippen LogP) is 1.31. The van der Waals surface area contributed by atoms with Crippen LogP contribution in [0.15, 0.2) is 35.5 Å². The molecular weight excluding hydrogens is 250 g/mol. The van der Waals surface area contributed by atoms with E-state index in [9.17, 15) is 5.21 Å². The first-order valence-electron chi connectivity index (χ1n) is 7.50. The van der Waals surface area contributed by atoms with E-state index in [-0.39, 0.29) is 5.41 Å². The Bertz CT molecular complexity index is 512. The molecule has 1 aromatic rings. The summed E-state index contributed by atoms with van der Waals surface area (Å²) in [6, 6.07) is 10.6. The van der Waals surface area contributed by atoms with Crippen molar-refractivity contribution in [1.82, 2.24) is 9.80 Å². The van der Waals surface area contributed by atoms with E-state index in [0.717, 1.165) is 51.4 Å². The van der Waals surface area contributed by atoms with E-state index in [0.29, 0.717) is 5.92 Å². The van der Waals surface area contributed by atoms with Gasteiger partial charge in [-0.3, -0.25) is 0 Å². The fraction of sp³-hybridized carbons (Fsp3) is 0.562. The van der Waals surface area contributed by atoms with Gasteiger partial charge in [-0.15, -0.1) is 0 Å². The van der Waals surface area contributed by atoms with Gasteiger partial charge in [0.15, 0.2) is 0 Å². The third kappa shape index (κ3) is 1.86. The van der Waals surface area contributed by atoms with Crippen LogP contribution in [0.4, 0.5) is 0 Å². The molecule has 4 aliphatic rings. The van der Waals surface area contributed by atoms with Crippen LogP contribution in [0.25, 0.3) is 0 Å². The van der Waals surface area contributed by atoms with Crippen molar-refractivity contribution in [2.45, 2.75) is 6.42 Å². The zero-order chi connectivity index (χ0) is 13.6. The monoisotopic (exact) mass is 271 g/mol. The molecule has 1 aromatic carbocycles. The Hall–Kier alpha value is -1.39. The van der Waals surface area contributed by atoms with Gasteiger partial charge in [-0.05, 0) is 12.0 Å². The van der Waals surface area contributed by atoms with Gasteiger partial charge in [-0.25, -0.2) is 0 Å². The Balaban J connectivity index is 1.73. The highest BCUT2D eigenvalue weighted by Gasteiger charge is 2.52. The SMILES string of the molecule is O/N=C1/C2CN3CCN(C2)CC1(Cc1ccccc1)C3. The van der Waals surface area contributed by atoms with E-state index in [2.05, 4.69) is 45.3 Å². The lowest BCUT2D eigenvalue weighted by Gasteiger charge is -2.50. The van der Waals surface area contributed by atoms with Crippen LogP contribution in [0.5, 0.6) is 0 Å². The normalized spacial score (nSPS) is 41.0. The summed E-state index contributed by atoms with van der Waals surface area (Å²) in [5.41, 5.74) is 2.40. The molecule has 0 spiro atoms. The van der Waals surface area contributed by atoms with Crippen LogP contribution in [0.3, 0.4) is 0 Å². The quantitative estimate of drug-likeness (QED) is 0.651. The van der Waals surface area contributed by atoms with Gasteiger partial charge in [0.05, 0.1) is 5.71 Å². The fourth-order valence-electron chi connectivity index (χ4n) is 4.48. The Morgan fingerprint density at radius 2 is 1.75 bits per heavy atom. The number of rotatable bonds is 2. The van der Waals surface area contributed by atoms with Gasteiger partial charge in [-0.1, -0.05) is 35.5 Å². The highest BCUT2D eigenvalue weighted by Crippen LogP contribution is 2.40. The molecule has 0 amide bonds. The zero-order valence-corrected chi connectivity index (χ0v) is 11.7. The second-order valence-corrected chi connectivity index (χ2v) is 6.60. The van der Waals surface area contributed by atoms with E-state index >= 15 is 0 Å². The van der Waals surface area contributed by atoms with Crippen molar-refractivity contribution in [3.63, 3.8) is 0 Å². The molecule has 4 heteroatoms. The van der Waals surface area contributed by atoms with E-state index in [4.69, 9.17) is 0 Å². The Labute approximate surface area is 119 Å². The molecule has 4 fully saturated rings. The Kier molecular flexibility index (Phi) is 2.82. The van der Waals surface area contributed by atoms with Crippen molar-refractivity contribution >= 4 is 5.71 Å². The first-order valence-corrected chi connectivity index (χ1v) is 7.50. The largest absolute Gasteiger partial charge is 0.411 e. The van der Waals surface area contributed by atoms with Crippen LogP contribution < -0.4 is 0 Å². The molecule has 4 heterocycles. The van der Waals surface area contributed by atoms with Crippen molar-refractivity contribution < 1.29 is 5.21 Å². The van der Waals surface area contributed by atoms with E-state index in [1.54, 1.807) is 0 Å². The summed E-state index contributed by atoms with van der Waals surface area (Å²) < 4.78 is 0. The Morgan fingerprint density at radius 3 is 2.35 bits per heavy atom. The highest BCUT2D eigenvalue weighted by atomic mass is 16.4. The van der Waals surface area contributed by atoms with Crippen LogP contribution in [0.2, 0.25) is 0 Å². The summed E-state index contributed by atoms with van der Waals surface area (Å²) >= 11 is 0. The summed E-state index contributed by atoms with van der Waals surface area (Å²) in [5.74, 6) is 0.411. The van der Waals surface area contributed by atoms with Gasteiger partial charge in [0.1, 0.15) is 0 Å². The first kappa shape index (κ1) is 12.4. The first-order chi connectivity index (χ1) is 9.79. The summed E-state index contributed by atoms with van der Waals surface area (Å²) in [6.07, 6.45) is 0.983. The third-order valence-electron chi connectivity index (χ3n) is 5.17. The lowest BCUT2D eigenvalue weighted by atomic mass is 9.67. The van der Waals surface area contributed by atoms with E-state index < -0.39 is 0 Å². The molecule has 0 radical (unpaired) electrons. The molecule has 1 N–H and O–H groups in total. The molecule has 0 aliphatic carbocycles. The molecule has 5 rings (SSSR count). The third-order valence-corrected chi connectivity index (χ3v) is 5.17. The minimum atomic E-state index is 0.00771. The minimum Gasteiger partial charge on any atom is -0.411 e. The number of fused-ring (bicyclic) bond motifs is 1. The van der Waals surface area contributed by atoms with Crippen LogP contribution >= 0.6 is 0 Å². The fourth-order valence-corrected chi connectivity index (χ4v) is 4.48. The summed E-state index contributed by atoms with van der Waals surface area (Å²) in [5, 5.41) is 13.3. The molecule has 4 bridgehead atoms. The van der Waals surface area contributed by atoms with Gasteiger partial charge >= 0.3 is 0 Å². The highest BCUT2D eigenvalue weighted by molar-refractivity contribution is 5.94. The molecule has 2 unspecified atom stereocenters. The zero-order valence-electron chi connectivity index (χ0n) is 11.7. The number of benzene rings is 1. The molecule has 0 aromatic heterocycles. The van der Waals surface area contributed by atoms with Gasteiger partial charge < -0.3 is 15.0 Å². The Morgan fingerprint density at radius 1 is 1.10 bits per heavy atom. The number of hydrogen-bond acceptors (Lipinski definition) is 4. The predicted molar refractivity (Wildman–Crippen MR) is 78.2 cm³/mol. The van der Waals surface area contributed by atoms with Gasteiger partial charge in [0.2, 0.25) is 0 Å². The standard InChI is InChI=1S/C16H21N3O/c20-17-15-14-9-18-6-7-19(10-14)12-16(15,11-18)8-13-4-2-1-3-5-13/h1-5,14,20H,6-12H2/b17-15-. The van der Waals surface area contributed by atoms with Crippen molar-refractivity contribution in [2.24, 2.45) is 16.5 Å². The van der Waals surface area contributed by atoms with Crippen LogP contribution in [0.1, 0.15) is 5.56 Å². The topological polar surface area (TPSA) is 39.1 Å². The van der Waals surface area contributed by atoms with Crippen LogP contribution in [-0.4, -0.2) is 60.0 Å². The maximum absolute atomic E-state index is 9.58. The van der Waals surface area contributed by atoms with Gasteiger partial charge in [0, 0.05) is 50.6 Å². The number of oxime groups is 1. The molecular formula is C16H21N3O. The van der Waals surface area contributed by atoms with Crippen molar-refractivity contribution in [3.8, 4) is 0 Å². The lowest BCUT2D eigenvalue weighted by Crippen LogP contribution is -2.62. The average molecular weight is 271 g/mol. The van der Waals surface area contributed by atoms with Crippen molar-refractivity contribution in [2.75, 3.05) is 39.3 Å². The molecule has 0 saturated carbocycles. The average Bonchev–Trinajstić information content (AvgIpc) is 2.68. The van der Waals surface area contributed by atoms with Crippen molar-refractivity contribution in [1.29, 1.82) is 0 Å². The molecule has 4 aliphatic heterocycles. The maximum Gasteiger partial charge on any atom is 0.0717 e. The molecule has 106 valence electrons. The summed E-state index contributed by atoms with van der Waals surface area (Å²) in [4.78, 5) is 5.13. The van der Waals surface area contributed by atoms with Crippen LogP contribution in [-0.2, 0) is 6.42 Å². The summed E-state index contributed by atoms with van der Waals surface area (Å²) in [7, 11) is 0. The second-order valence-electron chi connectivity index (χ2n) is 6.60. The molecule has 4 nitrogen and oxygen atoms in total. The molecule has 4 saturated heterocycles. The number of hydrogen-bond donors (Lipinski definition) is 1. The number of nitrogens with zero attached hydrogens (tertiary/aromatic N) is 3. The summed E-state index contributed by atoms with van der Waals surface area (Å²) in [6.45, 7) is 6.51. The smallest absolute Gasteiger partial charge is 0.0717 e. The lowest BCUT2D eigenvalue weighted by molar-refractivity contribution is 0.110.